The second kappa shape index (κ2) is 7.60. The zero-order valence-corrected chi connectivity index (χ0v) is 10.8. The van der Waals surface area contributed by atoms with E-state index in [1.165, 1.54) is 25.9 Å². The summed E-state index contributed by atoms with van der Waals surface area (Å²) in [7, 11) is 4.21. The number of hydrazine groups is 1. The molecule has 3 N–H and O–H groups in total. The summed E-state index contributed by atoms with van der Waals surface area (Å²) in [6, 6.07) is 0. The Balaban J connectivity index is 2.12. The third kappa shape index (κ3) is 5.97. The summed E-state index contributed by atoms with van der Waals surface area (Å²) < 4.78 is 0. The van der Waals surface area contributed by atoms with Crippen molar-refractivity contribution in [2.75, 3.05) is 40.3 Å². The van der Waals surface area contributed by atoms with Crippen LogP contribution in [0.4, 0.5) is 0 Å². The molecule has 1 aliphatic heterocycles. The smallest absolute Gasteiger partial charge is 0.327 e. The van der Waals surface area contributed by atoms with Gasteiger partial charge in [-0.1, -0.05) is 5.59 Å². The number of nitrogens with zero attached hydrogens (tertiary/aromatic N) is 2. The van der Waals surface area contributed by atoms with Gasteiger partial charge < -0.3 is 14.6 Å². The molecule has 0 aliphatic carbocycles. The lowest BCUT2D eigenvalue weighted by Gasteiger charge is -2.31. The third-order valence-corrected chi connectivity index (χ3v) is 3.28. The molecule has 0 aromatic carbocycles. The van der Waals surface area contributed by atoms with E-state index in [9.17, 15) is 4.79 Å². The van der Waals surface area contributed by atoms with E-state index in [4.69, 9.17) is 5.84 Å². The summed E-state index contributed by atoms with van der Waals surface area (Å²) in [4.78, 5) is 20.1. The molecule has 1 aliphatic rings. The number of nitrogens with two attached hydrogens (primary N) is 1. The van der Waals surface area contributed by atoms with Gasteiger partial charge in [-0.15, -0.1) is 0 Å². The monoisotopic (exact) mass is 244 g/mol. The zero-order valence-electron chi connectivity index (χ0n) is 10.8. The second-order valence-electron chi connectivity index (χ2n) is 4.85. The molecule has 0 saturated carbocycles. The van der Waals surface area contributed by atoms with Crippen LogP contribution in [0.1, 0.15) is 19.3 Å². The Labute approximate surface area is 103 Å². The largest absolute Gasteiger partial charge is 0.356 e. The lowest BCUT2D eigenvalue weighted by atomic mass is 9.97. The minimum Gasteiger partial charge on any atom is -0.356 e. The topological polar surface area (TPSA) is 70.8 Å². The molecule has 1 saturated heterocycles. The van der Waals surface area contributed by atoms with Crippen LogP contribution >= 0.6 is 0 Å². The molecule has 0 aromatic heterocycles. The van der Waals surface area contributed by atoms with Crippen molar-refractivity contribution in [1.82, 2.24) is 15.4 Å². The summed E-state index contributed by atoms with van der Waals surface area (Å²) in [5, 5.41) is 0. The normalized spacial score (nSPS) is 18.6. The summed E-state index contributed by atoms with van der Waals surface area (Å²) in [6.45, 7) is 4.12. The van der Waals surface area contributed by atoms with Gasteiger partial charge in [0.05, 0.1) is 6.42 Å². The average Bonchev–Trinajstić information content (AvgIpc) is 2.30. The maximum absolute atomic E-state index is 11.1. The molecule has 0 spiro atoms. The molecule has 17 heavy (non-hydrogen) atoms. The minimum atomic E-state index is -0.317. The Bertz CT molecular complexity index is 230. The first-order valence-electron chi connectivity index (χ1n) is 6.14. The van der Waals surface area contributed by atoms with Crippen molar-refractivity contribution < 1.29 is 9.63 Å². The van der Waals surface area contributed by atoms with Gasteiger partial charge in [0.2, 0.25) is 0 Å². The van der Waals surface area contributed by atoms with E-state index in [0.29, 0.717) is 13.0 Å². The summed E-state index contributed by atoms with van der Waals surface area (Å²) in [5.74, 6) is 5.32. The first kappa shape index (κ1) is 14.4. The molecular formula is C11H24N4O2. The zero-order chi connectivity index (χ0) is 12.7. The van der Waals surface area contributed by atoms with Crippen LogP contribution in [0.2, 0.25) is 0 Å². The molecule has 0 radical (unpaired) electrons. The van der Waals surface area contributed by atoms with Crippen molar-refractivity contribution >= 4 is 5.97 Å². The predicted octanol–water partition coefficient (Wildman–Crippen LogP) is -0.428. The lowest BCUT2D eigenvalue weighted by molar-refractivity contribution is -0.151. The second-order valence-corrected chi connectivity index (χ2v) is 4.85. The molecule has 0 bridgehead atoms. The number of piperidine rings is 1. The number of rotatable bonds is 6. The van der Waals surface area contributed by atoms with Gasteiger partial charge in [-0.05, 0) is 45.9 Å². The number of nitrogens with one attached hydrogen (secondary N) is 1. The lowest BCUT2D eigenvalue weighted by Crippen LogP contribution is -2.36. The summed E-state index contributed by atoms with van der Waals surface area (Å²) >= 11 is 0. The van der Waals surface area contributed by atoms with Crippen LogP contribution in [-0.2, 0) is 9.63 Å². The van der Waals surface area contributed by atoms with Crippen LogP contribution in [0.5, 0.6) is 0 Å². The highest BCUT2D eigenvalue weighted by Crippen LogP contribution is 2.16. The maximum atomic E-state index is 11.1. The molecule has 0 aromatic rings. The van der Waals surface area contributed by atoms with Crippen molar-refractivity contribution in [3.8, 4) is 0 Å². The molecule has 1 fully saturated rings. The highest BCUT2D eigenvalue weighted by atomic mass is 16.7. The fraction of sp³-hybridized carbons (Fsp3) is 0.909. The fourth-order valence-corrected chi connectivity index (χ4v) is 2.18. The Hall–Kier alpha value is -0.690. The van der Waals surface area contributed by atoms with Crippen LogP contribution in [0.3, 0.4) is 0 Å². The molecule has 100 valence electrons. The van der Waals surface area contributed by atoms with E-state index in [2.05, 4.69) is 21.7 Å². The standard InChI is InChI=1S/C11H24N4O2/c1-14-6-3-10(4-7-14)9-15(2)8-5-11(16)17-13-12/h10,13H,3-9,12H2,1-2H3. The molecule has 0 amide bonds. The average molecular weight is 244 g/mol. The molecule has 1 rings (SSSR count). The number of carbonyl (C=O) groups is 1. The Morgan fingerprint density at radius 2 is 2.18 bits per heavy atom. The number of hydrogen-bond acceptors (Lipinski definition) is 6. The van der Waals surface area contributed by atoms with E-state index in [0.717, 1.165) is 12.5 Å². The third-order valence-electron chi connectivity index (χ3n) is 3.28. The van der Waals surface area contributed by atoms with Crippen molar-refractivity contribution in [2.45, 2.75) is 19.3 Å². The summed E-state index contributed by atoms with van der Waals surface area (Å²) in [5.41, 5.74) is 1.90. The van der Waals surface area contributed by atoms with Crippen LogP contribution in [0, 0.1) is 5.92 Å². The van der Waals surface area contributed by atoms with Gasteiger partial charge in [0.1, 0.15) is 0 Å². The van der Waals surface area contributed by atoms with Gasteiger partial charge in [0.15, 0.2) is 0 Å². The van der Waals surface area contributed by atoms with Gasteiger partial charge in [0, 0.05) is 13.1 Å². The van der Waals surface area contributed by atoms with Crippen molar-refractivity contribution in [3.63, 3.8) is 0 Å². The Morgan fingerprint density at radius 3 is 2.76 bits per heavy atom. The van der Waals surface area contributed by atoms with Gasteiger partial charge in [-0.25, -0.2) is 5.84 Å². The van der Waals surface area contributed by atoms with Crippen molar-refractivity contribution in [1.29, 1.82) is 0 Å². The number of carbonyl (C=O) groups excluding carboxylic acids is 1. The Kier molecular flexibility index (Phi) is 6.43. The number of likely N-dealkylation sites (tertiary alicyclic amines) is 1. The molecular weight excluding hydrogens is 220 g/mol. The van der Waals surface area contributed by atoms with Crippen LogP contribution in [-0.4, -0.2) is 56.0 Å². The van der Waals surface area contributed by atoms with Crippen LogP contribution in [0.25, 0.3) is 0 Å². The van der Waals surface area contributed by atoms with Gasteiger partial charge in [0.25, 0.3) is 0 Å². The van der Waals surface area contributed by atoms with Crippen LogP contribution in [0.15, 0.2) is 0 Å². The van der Waals surface area contributed by atoms with E-state index in [-0.39, 0.29) is 5.97 Å². The van der Waals surface area contributed by atoms with E-state index >= 15 is 0 Å². The highest BCUT2D eigenvalue weighted by molar-refractivity contribution is 5.69. The van der Waals surface area contributed by atoms with Gasteiger partial charge in [-0.2, -0.15) is 0 Å². The van der Waals surface area contributed by atoms with Crippen molar-refractivity contribution in [3.05, 3.63) is 0 Å². The maximum Gasteiger partial charge on any atom is 0.327 e. The number of hydrogen-bond donors (Lipinski definition) is 2. The summed E-state index contributed by atoms with van der Waals surface area (Å²) in [6.07, 6.45) is 2.86. The molecule has 0 unspecified atom stereocenters. The molecule has 0 atom stereocenters. The van der Waals surface area contributed by atoms with Crippen LogP contribution < -0.4 is 11.4 Å². The quantitative estimate of drug-likeness (QED) is 0.488. The van der Waals surface area contributed by atoms with Gasteiger partial charge in [-0.3, -0.25) is 4.79 Å². The SMILES string of the molecule is CN1CCC(CN(C)CCC(=O)ONN)CC1. The first-order valence-corrected chi connectivity index (χ1v) is 6.14. The molecule has 6 heteroatoms. The van der Waals surface area contributed by atoms with E-state index in [1.54, 1.807) is 0 Å². The minimum absolute atomic E-state index is 0.317. The van der Waals surface area contributed by atoms with Gasteiger partial charge >= 0.3 is 5.97 Å². The predicted molar refractivity (Wildman–Crippen MR) is 65.8 cm³/mol. The Morgan fingerprint density at radius 1 is 1.53 bits per heavy atom. The first-order chi connectivity index (χ1) is 8.11. The molecule has 1 heterocycles. The fourth-order valence-electron chi connectivity index (χ4n) is 2.18. The van der Waals surface area contributed by atoms with E-state index < -0.39 is 0 Å². The van der Waals surface area contributed by atoms with Crippen molar-refractivity contribution in [2.24, 2.45) is 11.8 Å². The highest BCUT2D eigenvalue weighted by Gasteiger charge is 2.18. The molecule has 6 nitrogen and oxygen atoms in total. The van der Waals surface area contributed by atoms with E-state index in [1.807, 2.05) is 12.6 Å².